The second-order valence-corrected chi connectivity index (χ2v) is 20.3. The molecule has 12 heteroatoms. The first-order valence-corrected chi connectivity index (χ1v) is 25.0. The van der Waals surface area contributed by atoms with E-state index in [0.29, 0.717) is 25.9 Å². The molecule has 0 saturated carbocycles. The second-order valence-electron chi connectivity index (χ2n) is 18.7. The van der Waals surface area contributed by atoms with Crippen LogP contribution in [0.1, 0.15) is 98.1 Å². The lowest BCUT2D eigenvalue weighted by molar-refractivity contribution is -0.433. The van der Waals surface area contributed by atoms with Gasteiger partial charge in [-0.1, -0.05) is 93.1 Å². The first-order valence-electron chi connectivity index (χ1n) is 23.4. The highest BCUT2D eigenvalue weighted by Gasteiger charge is 2.49. The van der Waals surface area contributed by atoms with Crippen molar-refractivity contribution in [3.8, 4) is 0 Å². The van der Waals surface area contributed by atoms with Crippen LogP contribution >= 0.6 is 0 Å². The minimum absolute atomic E-state index is 0.0452. The second kappa shape index (κ2) is 19.5. The lowest BCUT2D eigenvalue weighted by Gasteiger charge is -2.35. The standard InChI is InChI=1S/C54H64N4O7S/c1-8-57-43-27-25-39-18-13-15-20-41(39)48(43)52(4,5)45(57)29-23-37-34-38(24-30-46-53(6,7)49-42-21-16-14-19-40(42)26-28-44(49)58(46)9-2)36-54(35-37,51(61)56-32-33-66(62,63)64)50(60)55-31-17-11-12-22-47(59)65-10-3/h13-16,18-21,23-30,34H,8-12,17,22,31-33,35-36H2,1-7H3,(H2-,55,56,60,61,62,63,64)/p+1. The highest BCUT2D eigenvalue weighted by atomic mass is 32.2. The zero-order valence-corrected chi connectivity index (χ0v) is 40.3. The zero-order chi connectivity index (χ0) is 47.4. The van der Waals surface area contributed by atoms with Gasteiger partial charge in [0.25, 0.3) is 10.1 Å². The predicted octanol–water partition coefficient (Wildman–Crippen LogP) is 9.52. The molecular weight excluding hydrogens is 849 g/mol. The number of hydrogen-bond acceptors (Lipinski definition) is 7. The lowest BCUT2D eigenvalue weighted by Crippen LogP contribution is -2.53. The summed E-state index contributed by atoms with van der Waals surface area (Å²) in [5.74, 6) is -2.06. The molecule has 2 amide bonds. The Kier molecular flexibility index (Phi) is 14.2. The SMILES string of the molecule is CCOC(=O)CCCCCNC(=O)C1(C(=O)NCCS(=O)(=O)O)CC(/C=C/C2=[N+](CC)c3ccc4ccccc4c3C2(C)C)=CC(=C/C=C2/N(CC)c3ccc4ccccc4c3C2(C)C)/C1. The molecule has 1 unspecified atom stereocenters. The third kappa shape index (κ3) is 9.53. The molecule has 0 spiro atoms. The summed E-state index contributed by atoms with van der Waals surface area (Å²) in [4.78, 5) is 43.7. The summed E-state index contributed by atoms with van der Waals surface area (Å²) in [7, 11) is -4.39. The predicted molar refractivity (Wildman–Crippen MR) is 265 cm³/mol. The highest BCUT2D eigenvalue weighted by Crippen LogP contribution is 2.51. The molecule has 2 heterocycles. The molecule has 1 atom stereocenters. The number of nitrogens with zero attached hydrogens (tertiary/aromatic N) is 2. The molecule has 0 fully saturated rings. The maximum Gasteiger partial charge on any atom is 0.305 e. The van der Waals surface area contributed by atoms with E-state index in [0.717, 1.165) is 47.0 Å². The molecule has 3 N–H and O–H groups in total. The summed E-state index contributed by atoms with van der Waals surface area (Å²) < 4.78 is 40.6. The van der Waals surface area contributed by atoms with Crippen molar-refractivity contribution in [1.29, 1.82) is 0 Å². The van der Waals surface area contributed by atoms with Crippen LogP contribution in [0.25, 0.3) is 21.5 Å². The topological polar surface area (TPSA) is 145 Å². The van der Waals surface area contributed by atoms with Crippen LogP contribution in [0.15, 0.2) is 120 Å². The lowest BCUT2D eigenvalue weighted by atomic mass is 9.70. The molecule has 7 rings (SSSR count). The number of rotatable bonds is 17. The van der Waals surface area contributed by atoms with Crippen LogP contribution in [0, 0.1) is 5.41 Å². The van der Waals surface area contributed by atoms with Crippen molar-refractivity contribution in [1.82, 2.24) is 10.6 Å². The van der Waals surface area contributed by atoms with Crippen LogP contribution in [-0.2, 0) is 40.1 Å². The Morgan fingerprint density at radius 3 is 2.08 bits per heavy atom. The highest BCUT2D eigenvalue weighted by molar-refractivity contribution is 7.85. The number of anilines is 1. The van der Waals surface area contributed by atoms with E-state index in [1.54, 1.807) is 6.92 Å². The van der Waals surface area contributed by atoms with E-state index in [4.69, 9.17) is 4.74 Å². The van der Waals surface area contributed by atoms with E-state index < -0.39 is 33.1 Å². The van der Waals surface area contributed by atoms with Crippen LogP contribution in [0.3, 0.4) is 0 Å². The van der Waals surface area contributed by atoms with Crippen LogP contribution < -0.4 is 15.5 Å². The summed E-state index contributed by atoms with van der Waals surface area (Å²) in [5, 5.41) is 10.5. The van der Waals surface area contributed by atoms with E-state index in [1.807, 2.05) is 12.2 Å². The van der Waals surface area contributed by atoms with Gasteiger partial charge in [0.1, 0.15) is 12.0 Å². The summed E-state index contributed by atoms with van der Waals surface area (Å²) in [6, 6.07) is 25.6. The molecule has 0 aromatic heterocycles. The number of carbonyl (C=O) groups excluding carboxylic acids is 3. The third-order valence-electron chi connectivity index (χ3n) is 13.6. The monoisotopic (exact) mass is 913 g/mol. The summed E-state index contributed by atoms with van der Waals surface area (Å²) in [6.07, 6.45) is 12.6. The summed E-state index contributed by atoms with van der Waals surface area (Å²) >= 11 is 0. The Morgan fingerprint density at radius 2 is 1.42 bits per heavy atom. The van der Waals surface area contributed by atoms with Gasteiger partial charge in [0.2, 0.25) is 17.5 Å². The van der Waals surface area contributed by atoms with E-state index in [-0.39, 0.29) is 49.2 Å². The molecule has 348 valence electrons. The number of amides is 2. The summed E-state index contributed by atoms with van der Waals surface area (Å²) in [6.45, 7) is 16.7. The van der Waals surface area contributed by atoms with Gasteiger partial charge < -0.3 is 20.3 Å². The maximum atomic E-state index is 14.8. The molecule has 3 aliphatic rings. The van der Waals surface area contributed by atoms with E-state index in [9.17, 15) is 27.4 Å². The van der Waals surface area contributed by atoms with Crippen molar-refractivity contribution >= 4 is 66.5 Å². The van der Waals surface area contributed by atoms with Crippen LogP contribution in [0.5, 0.6) is 0 Å². The molecule has 4 aromatic carbocycles. The molecule has 1 aliphatic carbocycles. The minimum Gasteiger partial charge on any atom is -0.466 e. The zero-order valence-electron chi connectivity index (χ0n) is 39.5. The van der Waals surface area contributed by atoms with Gasteiger partial charge >= 0.3 is 5.97 Å². The maximum absolute atomic E-state index is 14.8. The molecule has 66 heavy (non-hydrogen) atoms. The smallest absolute Gasteiger partial charge is 0.305 e. The fourth-order valence-electron chi connectivity index (χ4n) is 10.5. The van der Waals surface area contributed by atoms with Gasteiger partial charge in [-0.3, -0.25) is 18.9 Å². The minimum atomic E-state index is -4.39. The fraction of sp³-hybridized carbons (Fsp3) is 0.407. The van der Waals surface area contributed by atoms with Gasteiger partial charge in [0.15, 0.2) is 5.71 Å². The van der Waals surface area contributed by atoms with Crippen molar-refractivity contribution < 1.29 is 36.7 Å². The fourth-order valence-corrected chi connectivity index (χ4v) is 10.9. The van der Waals surface area contributed by atoms with E-state index in [1.165, 1.54) is 32.7 Å². The molecule has 0 radical (unpaired) electrons. The molecule has 0 bridgehead atoms. The van der Waals surface area contributed by atoms with Gasteiger partial charge in [-0.2, -0.15) is 13.0 Å². The van der Waals surface area contributed by atoms with Gasteiger partial charge in [0, 0.05) is 60.6 Å². The number of carbonyl (C=O) groups is 3. The average Bonchev–Trinajstić information content (AvgIpc) is 3.66. The van der Waals surface area contributed by atoms with Gasteiger partial charge in [-0.15, -0.1) is 0 Å². The third-order valence-corrected chi connectivity index (χ3v) is 14.3. The number of hydrogen-bond donors (Lipinski definition) is 3. The van der Waals surface area contributed by atoms with Crippen molar-refractivity contribution in [3.05, 3.63) is 131 Å². The Labute approximate surface area is 390 Å². The normalized spacial score (nSPS) is 20.0. The first kappa shape index (κ1) is 48.1. The number of benzene rings is 4. The van der Waals surface area contributed by atoms with Crippen LogP contribution in [0.4, 0.5) is 11.4 Å². The van der Waals surface area contributed by atoms with Gasteiger partial charge in [-0.25, -0.2) is 0 Å². The van der Waals surface area contributed by atoms with Crippen molar-refractivity contribution in [2.24, 2.45) is 5.41 Å². The van der Waals surface area contributed by atoms with Gasteiger partial charge in [0.05, 0.1) is 17.8 Å². The Bertz CT molecular complexity index is 2830. The van der Waals surface area contributed by atoms with Gasteiger partial charge in [-0.05, 0) is 117 Å². The number of ether oxygens (including phenoxy) is 1. The van der Waals surface area contributed by atoms with Crippen molar-refractivity contribution in [2.75, 3.05) is 43.4 Å². The number of esters is 1. The molecule has 2 aliphatic heterocycles. The molecule has 4 aromatic rings. The first-order chi connectivity index (χ1) is 31.5. The summed E-state index contributed by atoms with van der Waals surface area (Å²) in [5.41, 5.74) is 6.03. The molecule has 11 nitrogen and oxygen atoms in total. The van der Waals surface area contributed by atoms with Crippen molar-refractivity contribution in [3.63, 3.8) is 0 Å². The number of unbranched alkanes of at least 4 members (excludes halogenated alkanes) is 2. The van der Waals surface area contributed by atoms with E-state index in [2.05, 4.69) is 153 Å². The number of nitrogens with one attached hydrogen (secondary N) is 2. The largest absolute Gasteiger partial charge is 0.466 e. The Hall–Kier alpha value is -5.85. The number of fused-ring (bicyclic) bond motifs is 6. The van der Waals surface area contributed by atoms with E-state index >= 15 is 0 Å². The van der Waals surface area contributed by atoms with Crippen LogP contribution in [0.2, 0.25) is 0 Å². The Morgan fingerprint density at radius 1 is 0.773 bits per heavy atom. The quantitative estimate of drug-likeness (QED) is 0.0313. The molecule has 0 saturated heterocycles. The Balaban J connectivity index is 1.30. The number of allylic oxidation sites excluding steroid dienone is 8. The molecular formula is C54H65N4O7S+. The average molecular weight is 914 g/mol. The number of likely N-dealkylation sites (N-methyl/N-ethyl adjacent to an activating group) is 1. The van der Waals surface area contributed by atoms with Crippen molar-refractivity contribution in [2.45, 2.75) is 97.8 Å². The van der Waals surface area contributed by atoms with Crippen LogP contribution in [-0.4, -0.2) is 79.6 Å².